The molecule has 0 spiro atoms. The average Bonchev–Trinajstić information content (AvgIpc) is 3.28. The first-order valence-electron chi connectivity index (χ1n) is 8.77. The fourth-order valence-corrected chi connectivity index (χ4v) is 3.50. The van der Waals surface area contributed by atoms with Crippen molar-refractivity contribution in [3.8, 4) is 0 Å². The number of rotatable bonds is 2. The fourth-order valence-electron chi connectivity index (χ4n) is 3.50. The number of anilines is 1. The van der Waals surface area contributed by atoms with Crippen LogP contribution in [0, 0.1) is 25.7 Å². The van der Waals surface area contributed by atoms with Gasteiger partial charge < -0.3 is 15.4 Å². The summed E-state index contributed by atoms with van der Waals surface area (Å²) in [5, 5.41) is 5.66. The van der Waals surface area contributed by atoms with Gasteiger partial charge in [-0.25, -0.2) is 9.18 Å². The lowest BCUT2D eigenvalue weighted by atomic mass is 10.0. The number of benzene rings is 1. The Balaban J connectivity index is 1.75. The highest BCUT2D eigenvalue weighted by atomic mass is 19.1. The molecular formula is C20H19FN3O3. The average molecular weight is 368 g/mol. The molecule has 1 saturated heterocycles. The molecule has 0 unspecified atom stereocenters. The Kier molecular flexibility index (Phi) is 4.31. The first kappa shape index (κ1) is 17.5. The van der Waals surface area contributed by atoms with E-state index in [-0.39, 0.29) is 18.0 Å². The molecule has 3 heterocycles. The number of ether oxygens (including phenoxy) is 1. The zero-order valence-corrected chi connectivity index (χ0v) is 15.1. The zero-order chi connectivity index (χ0) is 19.1. The minimum atomic E-state index is -0.426. The van der Waals surface area contributed by atoms with Crippen LogP contribution in [-0.4, -0.2) is 35.8 Å². The Morgan fingerprint density at radius 3 is 3.00 bits per heavy atom. The lowest BCUT2D eigenvalue weighted by Crippen LogP contribution is -2.38. The molecule has 7 heteroatoms. The van der Waals surface area contributed by atoms with Gasteiger partial charge in [-0.3, -0.25) is 9.36 Å². The number of aryl methyl sites for hydroxylation is 2. The molecule has 0 aliphatic carbocycles. The molecule has 2 aromatic rings. The summed E-state index contributed by atoms with van der Waals surface area (Å²) in [7, 11) is 0. The number of carbonyl (C=O) groups excluding carboxylic acids is 2. The van der Waals surface area contributed by atoms with Crippen molar-refractivity contribution in [1.82, 2.24) is 9.88 Å². The maximum absolute atomic E-state index is 13.7. The second-order valence-corrected chi connectivity index (χ2v) is 6.77. The number of aromatic nitrogens is 1. The quantitative estimate of drug-likeness (QED) is 0.801. The van der Waals surface area contributed by atoms with Crippen LogP contribution in [-0.2, 0) is 9.53 Å². The van der Waals surface area contributed by atoms with Gasteiger partial charge in [-0.2, -0.15) is 0 Å². The first-order valence-corrected chi connectivity index (χ1v) is 8.77. The lowest BCUT2D eigenvalue weighted by Gasteiger charge is -2.14. The third-order valence-electron chi connectivity index (χ3n) is 4.83. The van der Waals surface area contributed by atoms with Gasteiger partial charge >= 0.3 is 6.03 Å². The number of amides is 2. The van der Waals surface area contributed by atoms with Gasteiger partial charge in [-0.15, -0.1) is 0 Å². The molecule has 4 rings (SSSR count). The second kappa shape index (κ2) is 6.66. The minimum Gasteiger partial charge on any atom is -0.379 e. The maximum atomic E-state index is 13.7. The van der Waals surface area contributed by atoms with Gasteiger partial charge in [0.25, 0.3) is 5.91 Å². The predicted molar refractivity (Wildman–Crippen MR) is 98.8 cm³/mol. The van der Waals surface area contributed by atoms with Crippen molar-refractivity contribution in [2.24, 2.45) is 0 Å². The van der Waals surface area contributed by atoms with Gasteiger partial charge in [0.05, 0.1) is 23.9 Å². The summed E-state index contributed by atoms with van der Waals surface area (Å²) < 4.78 is 20.5. The highest BCUT2D eigenvalue weighted by molar-refractivity contribution is 6.35. The Labute approximate surface area is 156 Å². The number of carbonyl (C=O) groups is 2. The van der Waals surface area contributed by atoms with E-state index in [1.165, 1.54) is 22.8 Å². The molecular weight excluding hydrogens is 349 g/mol. The number of nitrogens with one attached hydrogen (secondary N) is 2. The first-order chi connectivity index (χ1) is 12.9. The summed E-state index contributed by atoms with van der Waals surface area (Å²) in [5.74, 6) is -0.755. The largest absolute Gasteiger partial charge is 0.379 e. The lowest BCUT2D eigenvalue weighted by molar-refractivity contribution is -0.110. The fraction of sp³-hybridized carbons (Fsp3) is 0.300. The Morgan fingerprint density at radius 2 is 2.26 bits per heavy atom. The summed E-state index contributed by atoms with van der Waals surface area (Å²) in [5.41, 5.74) is 3.26. The SMILES string of the molecule is Cc1[c]c(C)n(C(=O)N[C@@H]2CCOC2)c1C=C1C(=O)Nc2ccc(F)cc21. The molecule has 1 aromatic carbocycles. The van der Waals surface area contributed by atoms with Gasteiger partial charge in [0.15, 0.2) is 0 Å². The standard InChI is InChI=1S/C20H19FN3O3/c1-11-7-12(2)24(20(26)22-14-5-6-27-10-14)18(11)9-16-15-8-13(21)3-4-17(15)23-19(16)25/h3-4,8-9,14H,5-6,10H2,1-2H3,(H,22,26)(H,23,25)/t14-/m1/s1. The van der Waals surface area contributed by atoms with E-state index in [0.717, 1.165) is 12.0 Å². The van der Waals surface area contributed by atoms with Crippen LogP contribution in [0.25, 0.3) is 11.6 Å². The van der Waals surface area contributed by atoms with Crippen molar-refractivity contribution in [2.75, 3.05) is 18.5 Å². The summed E-state index contributed by atoms with van der Waals surface area (Å²) in [6.07, 6.45) is 2.38. The van der Waals surface area contributed by atoms with E-state index < -0.39 is 5.82 Å². The van der Waals surface area contributed by atoms with Crippen molar-refractivity contribution >= 4 is 29.3 Å². The normalized spacial score (nSPS) is 20.0. The third-order valence-corrected chi connectivity index (χ3v) is 4.83. The molecule has 6 nitrogen and oxygen atoms in total. The second-order valence-electron chi connectivity index (χ2n) is 6.77. The van der Waals surface area contributed by atoms with Crippen molar-refractivity contribution in [1.29, 1.82) is 0 Å². The third kappa shape index (κ3) is 3.14. The molecule has 0 bridgehead atoms. The van der Waals surface area contributed by atoms with E-state index in [2.05, 4.69) is 16.7 Å². The molecule has 2 amide bonds. The van der Waals surface area contributed by atoms with Crippen molar-refractivity contribution in [3.63, 3.8) is 0 Å². The van der Waals surface area contributed by atoms with Gasteiger partial charge in [0.2, 0.25) is 0 Å². The highest BCUT2D eigenvalue weighted by Gasteiger charge is 2.27. The summed E-state index contributed by atoms with van der Waals surface area (Å²) >= 11 is 0. The van der Waals surface area contributed by atoms with Crippen LogP contribution in [0.3, 0.4) is 0 Å². The van der Waals surface area contributed by atoms with Crippen LogP contribution in [0.15, 0.2) is 18.2 Å². The molecule has 2 aliphatic heterocycles. The molecule has 1 radical (unpaired) electrons. The molecule has 1 atom stereocenters. The Bertz CT molecular complexity index is 971. The van der Waals surface area contributed by atoms with E-state index in [1.807, 2.05) is 6.92 Å². The van der Waals surface area contributed by atoms with Gasteiger partial charge in [-0.1, -0.05) is 0 Å². The number of hydrogen-bond acceptors (Lipinski definition) is 3. The number of halogens is 1. The molecule has 0 saturated carbocycles. The maximum Gasteiger partial charge on any atom is 0.326 e. The van der Waals surface area contributed by atoms with Crippen LogP contribution >= 0.6 is 0 Å². The monoisotopic (exact) mass is 368 g/mol. The van der Waals surface area contributed by atoms with E-state index in [1.54, 1.807) is 13.0 Å². The molecule has 1 fully saturated rings. The molecule has 27 heavy (non-hydrogen) atoms. The number of fused-ring (bicyclic) bond motifs is 1. The molecule has 139 valence electrons. The van der Waals surface area contributed by atoms with Crippen LogP contribution < -0.4 is 10.6 Å². The highest BCUT2D eigenvalue weighted by Crippen LogP contribution is 2.34. The summed E-state index contributed by atoms with van der Waals surface area (Å²) in [6.45, 7) is 4.71. The van der Waals surface area contributed by atoms with E-state index in [0.29, 0.717) is 41.4 Å². The number of hydrogen-bond donors (Lipinski definition) is 2. The van der Waals surface area contributed by atoms with E-state index in [4.69, 9.17) is 4.74 Å². The minimum absolute atomic E-state index is 0.0373. The predicted octanol–water partition coefficient (Wildman–Crippen LogP) is 2.88. The van der Waals surface area contributed by atoms with Gasteiger partial charge in [0, 0.05) is 29.6 Å². The van der Waals surface area contributed by atoms with Crippen molar-refractivity contribution in [2.45, 2.75) is 26.3 Å². The topological polar surface area (TPSA) is 72.4 Å². The summed E-state index contributed by atoms with van der Waals surface area (Å²) in [6, 6.07) is 6.93. The van der Waals surface area contributed by atoms with Crippen LogP contribution in [0.1, 0.15) is 28.9 Å². The Hall–Kier alpha value is -2.93. The summed E-state index contributed by atoms with van der Waals surface area (Å²) in [4.78, 5) is 25.2. The van der Waals surface area contributed by atoms with Gasteiger partial charge in [-0.05, 0) is 50.1 Å². The molecule has 2 N–H and O–H groups in total. The van der Waals surface area contributed by atoms with E-state index in [9.17, 15) is 14.0 Å². The van der Waals surface area contributed by atoms with E-state index >= 15 is 0 Å². The van der Waals surface area contributed by atoms with Gasteiger partial charge in [0.1, 0.15) is 5.82 Å². The smallest absolute Gasteiger partial charge is 0.326 e. The van der Waals surface area contributed by atoms with Crippen molar-refractivity contribution < 1.29 is 18.7 Å². The van der Waals surface area contributed by atoms with Crippen molar-refractivity contribution in [3.05, 3.63) is 52.6 Å². The van der Waals surface area contributed by atoms with Crippen LogP contribution in [0.5, 0.6) is 0 Å². The Morgan fingerprint density at radius 1 is 1.44 bits per heavy atom. The molecule has 2 aliphatic rings. The molecule has 1 aromatic heterocycles. The van der Waals surface area contributed by atoms with Crippen LogP contribution in [0.2, 0.25) is 0 Å². The number of nitrogens with zero attached hydrogens (tertiary/aromatic N) is 1. The van der Waals surface area contributed by atoms with Crippen LogP contribution in [0.4, 0.5) is 14.9 Å². The zero-order valence-electron chi connectivity index (χ0n) is 15.1.